The summed E-state index contributed by atoms with van der Waals surface area (Å²) in [6, 6.07) is 0. The average Bonchev–Trinajstić information content (AvgIpc) is 2.57. The molecule has 1 aliphatic heterocycles. The van der Waals surface area contributed by atoms with Gasteiger partial charge < -0.3 is 10.5 Å². The van der Waals surface area contributed by atoms with E-state index in [0.717, 1.165) is 0 Å². The molecule has 0 radical (unpaired) electrons. The Balaban J connectivity index is 2.29. The topological polar surface area (TPSA) is 101 Å². The summed E-state index contributed by atoms with van der Waals surface area (Å²) in [6.45, 7) is 3.21. The molecule has 1 saturated heterocycles. The summed E-state index contributed by atoms with van der Waals surface area (Å²) in [6.07, 6.45) is 1.81. The summed E-state index contributed by atoms with van der Waals surface area (Å²) < 4.78 is 31.4. The first-order valence-corrected chi connectivity index (χ1v) is 6.86. The molecule has 1 aromatic rings. The van der Waals surface area contributed by atoms with Gasteiger partial charge in [0.1, 0.15) is 10.7 Å². The Morgan fingerprint density at radius 3 is 3.06 bits per heavy atom. The van der Waals surface area contributed by atoms with Gasteiger partial charge in [0, 0.05) is 19.7 Å². The maximum atomic E-state index is 12.3. The van der Waals surface area contributed by atoms with Gasteiger partial charge in [0.05, 0.1) is 12.3 Å². The quantitative estimate of drug-likeness (QED) is 0.766. The van der Waals surface area contributed by atoms with E-state index in [4.69, 9.17) is 10.5 Å². The molecular weight excluding hydrogens is 244 g/mol. The van der Waals surface area contributed by atoms with Crippen molar-refractivity contribution < 1.29 is 13.2 Å². The zero-order chi connectivity index (χ0) is 12.5. The number of nitrogen functional groups attached to an aromatic ring is 1. The van der Waals surface area contributed by atoms with Crippen LogP contribution in [0.1, 0.15) is 13.3 Å². The van der Waals surface area contributed by atoms with Gasteiger partial charge in [0.2, 0.25) is 10.0 Å². The van der Waals surface area contributed by atoms with Crippen molar-refractivity contribution in [2.75, 3.05) is 25.4 Å². The third-order valence-electron chi connectivity index (χ3n) is 2.67. The summed E-state index contributed by atoms with van der Waals surface area (Å²) in [4.78, 5) is 0.0339. The third-order valence-corrected chi connectivity index (χ3v) is 4.56. The number of nitrogens with one attached hydrogen (secondary N) is 1. The van der Waals surface area contributed by atoms with Crippen LogP contribution in [0.4, 0.5) is 5.82 Å². The molecule has 8 heteroatoms. The number of hydrogen-bond acceptors (Lipinski definition) is 5. The van der Waals surface area contributed by atoms with Crippen molar-refractivity contribution >= 4 is 15.8 Å². The highest BCUT2D eigenvalue weighted by Gasteiger charge is 2.30. The molecule has 0 spiro atoms. The maximum absolute atomic E-state index is 12.3. The van der Waals surface area contributed by atoms with Crippen LogP contribution in [0.15, 0.2) is 11.1 Å². The smallest absolute Gasteiger partial charge is 0.248 e. The van der Waals surface area contributed by atoms with E-state index in [0.29, 0.717) is 26.1 Å². The lowest BCUT2D eigenvalue weighted by atomic mass is 10.4. The fraction of sp³-hybridized carbons (Fsp3) is 0.667. The molecule has 0 amide bonds. The molecule has 3 N–H and O–H groups in total. The van der Waals surface area contributed by atoms with E-state index >= 15 is 0 Å². The number of sulfonamides is 1. The lowest BCUT2D eigenvalue weighted by Crippen LogP contribution is -2.36. The predicted molar refractivity (Wildman–Crippen MR) is 61.8 cm³/mol. The van der Waals surface area contributed by atoms with Crippen molar-refractivity contribution in [3.63, 3.8) is 0 Å². The van der Waals surface area contributed by atoms with Crippen molar-refractivity contribution in [2.24, 2.45) is 0 Å². The number of H-pyrrole nitrogens is 1. The normalized spacial score (nSPS) is 23.5. The monoisotopic (exact) mass is 260 g/mol. The molecule has 7 nitrogen and oxygen atoms in total. The summed E-state index contributed by atoms with van der Waals surface area (Å²) in [5.74, 6) is 0.0721. The second kappa shape index (κ2) is 4.63. The average molecular weight is 260 g/mol. The van der Waals surface area contributed by atoms with Gasteiger partial charge in [-0.05, 0) is 13.3 Å². The Labute approximate surface area is 100.0 Å². The number of aromatic amines is 1. The van der Waals surface area contributed by atoms with E-state index in [-0.39, 0.29) is 16.8 Å². The van der Waals surface area contributed by atoms with E-state index < -0.39 is 10.0 Å². The number of rotatable bonds is 2. The van der Waals surface area contributed by atoms with Crippen LogP contribution in [0, 0.1) is 0 Å². The number of nitrogens with zero attached hydrogens (tertiary/aromatic N) is 2. The van der Waals surface area contributed by atoms with E-state index in [9.17, 15) is 8.42 Å². The molecule has 0 aromatic carbocycles. The van der Waals surface area contributed by atoms with Crippen LogP contribution in [0.3, 0.4) is 0 Å². The van der Waals surface area contributed by atoms with Gasteiger partial charge in [-0.15, -0.1) is 0 Å². The van der Waals surface area contributed by atoms with Crippen LogP contribution in [-0.2, 0) is 14.8 Å². The molecule has 0 bridgehead atoms. The molecule has 96 valence electrons. The van der Waals surface area contributed by atoms with E-state index in [2.05, 4.69) is 10.2 Å². The van der Waals surface area contributed by atoms with Gasteiger partial charge >= 0.3 is 0 Å². The van der Waals surface area contributed by atoms with Crippen molar-refractivity contribution in [3.05, 3.63) is 6.20 Å². The molecule has 2 heterocycles. The van der Waals surface area contributed by atoms with Crippen molar-refractivity contribution in [1.29, 1.82) is 0 Å². The fourth-order valence-electron chi connectivity index (χ4n) is 1.80. The standard InChI is InChI=1S/C9H16N4O3S/c1-7-6-13(3-2-4-16-7)17(14,15)8-5-11-12-9(8)10/h5,7H,2-4,6H2,1H3,(H3,10,11,12). The fourth-order valence-corrected chi connectivity index (χ4v) is 3.37. The van der Waals surface area contributed by atoms with Crippen LogP contribution in [-0.4, -0.2) is 48.7 Å². The van der Waals surface area contributed by atoms with Gasteiger partial charge in [0.15, 0.2) is 0 Å². The Kier molecular flexibility index (Phi) is 3.36. The second-order valence-electron chi connectivity index (χ2n) is 4.05. The summed E-state index contributed by atoms with van der Waals surface area (Å²) in [5.41, 5.74) is 5.55. The SMILES string of the molecule is CC1CN(S(=O)(=O)c2cn[nH]c2N)CCCO1. The molecule has 0 saturated carbocycles. The lowest BCUT2D eigenvalue weighted by Gasteiger charge is -2.20. The lowest BCUT2D eigenvalue weighted by molar-refractivity contribution is 0.0752. The molecule has 1 fully saturated rings. The Hall–Kier alpha value is -1.12. The Morgan fingerprint density at radius 1 is 1.65 bits per heavy atom. The summed E-state index contributed by atoms with van der Waals surface area (Å²) >= 11 is 0. The van der Waals surface area contributed by atoms with Gasteiger partial charge in [-0.3, -0.25) is 5.10 Å². The van der Waals surface area contributed by atoms with E-state index in [1.807, 2.05) is 6.92 Å². The maximum Gasteiger partial charge on any atom is 0.248 e. The molecule has 1 aromatic heterocycles. The molecule has 0 aliphatic carbocycles. The number of hydrogen-bond donors (Lipinski definition) is 2. The predicted octanol–water partition coefficient (Wildman–Crippen LogP) is -0.209. The number of aromatic nitrogens is 2. The van der Waals surface area contributed by atoms with Gasteiger partial charge in [0.25, 0.3) is 0 Å². The second-order valence-corrected chi connectivity index (χ2v) is 5.95. The van der Waals surface area contributed by atoms with Gasteiger partial charge in [-0.25, -0.2) is 8.42 Å². The van der Waals surface area contributed by atoms with Crippen LogP contribution in [0.25, 0.3) is 0 Å². The molecule has 1 aliphatic rings. The zero-order valence-electron chi connectivity index (χ0n) is 9.59. The van der Waals surface area contributed by atoms with Crippen molar-refractivity contribution in [3.8, 4) is 0 Å². The zero-order valence-corrected chi connectivity index (χ0v) is 10.4. The van der Waals surface area contributed by atoms with Crippen LogP contribution >= 0.6 is 0 Å². The highest BCUT2D eigenvalue weighted by atomic mass is 32.2. The highest BCUT2D eigenvalue weighted by Crippen LogP contribution is 2.21. The minimum absolute atomic E-state index is 0.0339. The summed E-state index contributed by atoms with van der Waals surface area (Å²) in [7, 11) is -3.57. The first kappa shape index (κ1) is 12.3. The Morgan fingerprint density at radius 2 is 2.41 bits per heavy atom. The largest absolute Gasteiger partial charge is 0.383 e. The van der Waals surface area contributed by atoms with Crippen LogP contribution in [0.2, 0.25) is 0 Å². The first-order valence-electron chi connectivity index (χ1n) is 5.42. The van der Waals surface area contributed by atoms with Gasteiger partial charge in [-0.1, -0.05) is 0 Å². The highest BCUT2D eigenvalue weighted by molar-refractivity contribution is 7.89. The van der Waals surface area contributed by atoms with Crippen molar-refractivity contribution in [1.82, 2.24) is 14.5 Å². The molecule has 1 unspecified atom stereocenters. The molecule has 1 atom stereocenters. The minimum atomic E-state index is -3.57. The van der Waals surface area contributed by atoms with Crippen LogP contribution in [0.5, 0.6) is 0 Å². The molecular formula is C9H16N4O3S. The van der Waals surface area contributed by atoms with Gasteiger partial charge in [-0.2, -0.15) is 9.40 Å². The summed E-state index contributed by atoms with van der Waals surface area (Å²) in [5, 5.41) is 6.07. The number of nitrogens with two attached hydrogens (primary N) is 1. The first-order chi connectivity index (χ1) is 8.01. The Bertz CT molecular complexity index is 484. The molecule has 2 rings (SSSR count). The van der Waals surface area contributed by atoms with E-state index in [1.165, 1.54) is 10.5 Å². The van der Waals surface area contributed by atoms with Crippen molar-refractivity contribution in [2.45, 2.75) is 24.3 Å². The van der Waals surface area contributed by atoms with Crippen LogP contribution < -0.4 is 5.73 Å². The minimum Gasteiger partial charge on any atom is -0.383 e. The van der Waals surface area contributed by atoms with E-state index in [1.54, 1.807) is 0 Å². The molecule has 17 heavy (non-hydrogen) atoms. The third kappa shape index (κ3) is 2.43. The number of ether oxygens (including phenoxy) is 1. The number of anilines is 1.